The molecule has 0 spiro atoms. The zero-order valence-electron chi connectivity index (χ0n) is 13.3. The van der Waals surface area contributed by atoms with Gasteiger partial charge in [0, 0.05) is 12.2 Å². The molecule has 1 saturated carbocycles. The second-order valence-electron chi connectivity index (χ2n) is 6.25. The molecule has 0 saturated heterocycles. The van der Waals surface area contributed by atoms with Crippen molar-refractivity contribution >= 4 is 17.3 Å². The SMILES string of the molecule is CC1CCC(Nc2cnn(-c3ccc(C(F)(F)F)cn3)c(=O)c2Cl)C1. The standard InChI is InChI=1S/C16H16ClF3N4O/c1-9-2-4-11(6-9)23-12-8-22-24(15(25)14(12)17)13-5-3-10(7-21-13)16(18,19)20/h3,5,7-9,11,23H,2,4,6H2,1H3. The number of alkyl halides is 3. The lowest BCUT2D eigenvalue weighted by Gasteiger charge is -2.15. The van der Waals surface area contributed by atoms with Gasteiger partial charge in [0.2, 0.25) is 0 Å². The average molecular weight is 373 g/mol. The number of nitrogens with one attached hydrogen (secondary N) is 1. The fraction of sp³-hybridized carbons (Fsp3) is 0.438. The lowest BCUT2D eigenvalue weighted by atomic mass is 10.1. The van der Waals surface area contributed by atoms with E-state index in [1.165, 1.54) is 6.20 Å². The number of hydrogen-bond donors (Lipinski definition) is 1. The monoisotopic (exact) mass is 372 g/mol. The number of nitrogens with zero attached hydrogens (tertiary/aromatic N) is 3. The predicted octanol–water partition coefficient (Wildman–Crippen LogP) is 3.90. The van der Waals surface area contributed by atoms with E-state index in [4.69, 9.17) is 11.6 Å². The van der Waals surface area contributed by atoms with Gasteiger partial charge in [0.05, 0.1) is 17.4 Å². The van der Waals surface area contributed by atoms with Gasteiger partial charge in [-0.2, -0.15) is 23.0 Å². The van der Waals surface area contributed by atoms with E-state index in [9.17, 15) is 18.0 Å². The normalized spacial score (nSPS) is 20.7. The van der Waals surface area contributed by atoms with Crippen molar-refractivity contribution in [2.24, 2.45) is 5.92 Å². The van der Waals surface area contributed by atoms with Crippen molar-refractivity contribution < 1.29 is 13.2 Å². The summed E-state index contributed by atoms with van der Waals surface area (Å²) in [5, 5.41) is 7.13. The highest BCUT2D eigenvalue weighted by atomic mass is 35.5. The summed E-state index contributed by atoms with van der Waals surface area (Å²) < 4.78 is 38.6. The minimum Gasteiger partial charge on any atom is -0.380 e. The van der Waals surface area contributed by atoms with Crippen molar-refractivity contribution in [3.63, 3.8) is 0 Å². The van der Waals surface area contributed by atoms with Crippen LogP contribution >= 0.6 is 11.6 Å². The van der Waals surface area contributed by atoms with Gasteiger partial charge in [-0.1, -0.05) is 18.5 Å². The van der Waals surface area contributed by atoms with Gasteiger partial charge in [0.25, 0.3) is 5.56 Å². The van der Waals surface area contributed by atoms with Crippen LogP contribution in [0.3, 0.4) is 0 Å². The van der Waals surface area contributed by atoms with Gasteiger partial charge in [0.1, 0.15) is 5.02 Å². The van der Waals surface area contributed by atoms with Gasteiger partial charge in [0.15, 0.2) is 5.82 Å². The van der Waals surface area contributed by atoms with Crippen LogP contribution in [0.5, 0.6) is 0 Å². The zero-order valence-corrected chi connectivity index (χ0v) is 14.1. The number of aromatic nitrogens is 3. The van der Waals surface area contributed by atoms with Crippen LogP contribution in [0.1, 0.15) is 31.7 Å². The molecule has 1 aliphatic rings. The van der Waals surface area contributed by atoms with Gasteiger partial charge in [-0.3, -0.25) is 4.79 Å². The summed E-state index contributed by atoms with van der Waals surface area (Å²) in [6.45, 7) is 2.16. The molecule has 0 aromatic carbocycles. The molecule has 9 heteroatoms. The Hall–Kier alpha value is -2.09. The van der Waals surface area contributed by atoms with Gasteiger partial charge >= 0.3 is 6.18 Å². The summed E-state index contributed by atoms with van der Waals surface area (Å²) in [6.07, 6.45) is 0.638. The zero-order chi connectivity index (χ0) is 18.2. The molecule has 0 aliphatic heterocycles. The van der Waals surface area contributed by atoms with Gasteiger partial charge in [-0.15, -0.1) is 0 Å². The Morgan fingerprint density at radius 3 is 2.60 bits per heavy atom. The Balaban J connectivity index is 1.86. The summed E-state index contributed by atoms with van der Waals surface area (Å²) in [5.74, 6) is 0.585. The number of rotatable bonds is 3. The molecule has 2 aromatic heterocycles. The Kier molecular flexibility index (Phi) is 4.73. The molecule has 1 aliphatic carbocycles. The first kappa shape index (κ1) is 17.7. The molecule has 134 valence electrons. The summed E-state index contributed by atoms with van der Waals surface area (Å²) in [6, 6.07) is 2.16. The Morgan fingerprint density at radius 2 is 2.04 bits per heavy atom. The second kappa shape index (κ2) is 6.67. The lowest BCUT2D eigenvalue weighted by molar-refractivity contribution is -0.137. The van der Waals surface area contributed by atoms with E-state index in [1.54, 1.807) is 0 Å². The summed E-state index contributed by atoms with van der Waals surface area (Å²) >= 11 is 6.12. The quantitative estimate of drug-likeness (QED) is 0.887. The van der Waals surface area contributed by atoms with Crippen molar-refractivity contribution in [2.75, 3.05) is 5.32 Å². The van der Waals surface area contributed by atoms with Crippen molar-refractivity contribution in [3.05, 3.63) is 45.5 Å². The molecule has 2 heterocycles. The third-order valence-electron chi connectivity index (χ3n) is 4.27. The van der Waals surface area contributed by atoms with E-state index in [2.05, 4.69) is 22.3 Å². The molecule has 2 aromatic rings. The molecule has 1 fully saturated rings. The minimum atomic E-state index is -4.49. The van der Waals surface area contributed by atoms with Crippen LogP contribution in [0.25, 0.3) is 5.82 Å². The van der Waals surface area contributed by atoms with Crippen LogP contribution < -0.4 is 10.9 Å². The predicted molar refractivity (Wildman–Crippen MR) is 88.1 cm³/mol. The molecule has 0 amide bonds. The minimum absolute atomic E-state index is 0.0269. The Bertz CT molecular complexity index is 820. The lowest BCUT2D eigenvalue weighted by Crippen LogP contribution is -2.25. The summed E-state index contributed by atoms with van der Waals surface area (Å²) in [5.41, 5.74) is -1.11. The number of anilines is 1. The smallest absolute Gasteiger partial charge is 0.380 e. The fourth-order valence-corrected chi connectivity index (χ4v) is 3.12. The molecule has 3 rings (SSSR count). The van der Waals surface area contributed by atoms with Crippen molar-refractivity contribution in [1.29, 1.82) is 0 Å². The summed E-state index contributed by atoms with van der Waals surface area (Å²) in [4.78, 5) is 16.0. The Morgan fingerprint density at radius 1 is 1.28 bits per heavy atom. The summed E-state index contributed by atoms with van der Waals surface area (Å²) in [7, 11) is 0. The van der Waals surface area contributed by atoms with Crippen molar-refractivity contribution in [3.8, 4) is 5.82 Å². The number of pyridine rings is 1. The first-order valence-electron chi connectivity index (χ1n) is 7.83. The molecular weight excluding hydrogens is 357 g/mol. The maximum atomic E-state index is 12.6. The van der Waals surface area contributed by atoms with Gasteiger partial charge in [-0.05, 0) is 37.3 Å². The average Bonchev–Trinajstić information content (AvgIpc) is 2.96. The first-order chi connectivity index (χ1) is 11.8. The molecular formula is C16H16ClF3N4O. The van der Waals surface area contributed by atoms with Crippen LogP contribution in [0, 0.1) is 5.92 Å². The van der Waals surface area contributed by atoms with E-state index in [0.29, 0.717) is 17.8 Å². The maximum Gasteiger partial charge on any atom is 0.417 e. The molecule has 0 bridgehead atoms. The molecule has 0 radical (unpaired) electrons. The van der Waals surface area contributed by atoms with E-state index in [-0.39, 0.29) is 16.9 Å². The third-order valence-corrected chi connectivity index (χ3v) is 4.63. The number of hydrogen-bond acceptors (Lipinski definition) is 4. The van der Waals surface area contributed by atoms with E-state index >= 15 is 0 Å². The number of halogens is 4. The largest absolute Gasteiger partial charge is 0.417 e. The van der Waals surface area contributed by atoms with Crippen LogP contribution in [-0.2, 0) is 6.18 Å². The Labute approximate surface area is 146 Å². The molecule has 2 unspecified atom stereocenters. The van der Waals surface area contributed by atoms with Crippen molar-refractivity contribution in [2.45, 2.75) is 38.4 Å². The van der Waals surface area contributed by atoms with Crippen LogP contribution in [0.2, 0.25) is 5.02 Å². The highest BCUT2D eigenvalue weighted by Gasteiger charge is 2.31. The highest BCUT2D eigenvalue weighted by molar-refractivity contribution is 6.32. The van der Waals surface area contributed by atoms with E-state index in [1.807, 2.05) is 0 Å². The van der Waals surface area contributed by atoms with E-state index < -0.39 is 17.3 Å². The highest BCUT2D eigenvalue weighted by Crippen LogP contribution is 2.30. The molecule has 1 N–H and O–H groups in total. The maximum absolute atomic E-state index is 12.6. The first-order valence-corrected chi connectivity index (χ1v) is 8.21. The second-order valence-corrected chi connectivity index (χ2v) is 6.63. The third kappa shape index (κ3) is 3.78. The fourth-order valence-electron chi connectivity index (χ4n) is 2.93. The van der Waals surface area contributed by atoms with Gasteiger partial charge < -0.3 is 5.32 Å². The van der Waals surface area contributed by atoms with Crippen LogP contribution in [0.15, 0.2) is 29.3 Å². The topological polar surface area (TPSA) is 59.8 Å². The molecule has 5 nitrogen and oxygen atoms in total. The van der Waals surface area contributed by atoms with Crippen molar-refractivity contribution in [1.82, 2.24) is 14.8 Å². The van der Waals surface area contributed by atoms with Gasteiger partial charge in [-0.25, -0.2) is 4.98 Å². The van der Waals surface area contributed by atoms with Crippen LogP contribution in [-0.4, -0.2) is 20.8 Å². The van der Waals surface area contributed by atoms with E-state index in [0.717, 1.165) is 36.1 Å². The molecule has 25 heavy (non-hydrogen) atoms. The van der Waals surface area contributed by atoms with Crippen LogP contribution in [0.4, 0.5) is 18.9 Å². The molecule has 2 atom stereocenters.